The molecule has 0 aliphatic carbocycles. The average molecular weight is 1050 g/mol. The average Bonchev–Trinajstić information content (AvgIpc) is 4.05. The van der Waals surface area contributed by atoms with Crippen LogP contribution >= 0.6 is 0 Å². The summed E-state index contributed by atoms with van der Waals surface area (Å²) in [5.74, 6) is 2.29. The summed E-state index contributed by atoms with van der Waals surface area (Å²) in [7, 11) is 2.09. The summed E-state index contributed by atoms with van der Waals surface area (Å²) in [5, 5.41) is 4.25. The van der Waals surface area contributed by atoms with E-state index in [1.54, 1.807) is 6.20 Å². The molecule has 67 heavy (non-hydrogen) atoms. The zero-order chi connectivity index (χ0) is 44.9. The number of hydrogen-bond donors (Lipinski definition) is 0. The summed E-state index contributed by atoms with van der Waals surface area (Å²) < 4.78 is 11.6. The first-order chi connectivity index (χ1) is 32.3. The van der Waals surface area contributed by atoms with Gasteiger partial charge in [-0.15, -0.1) is 54.1 Å². The van der Waals surface area contributed by atoms with Crippen molar-refractivity contribution in [1.29, 1.82) is 0 Å². The normalized spacial score (nSPS) is 11.5. The molecule has 0 spiro atoms. The fraction of sp³-hybridized carbons (Fsp3) is 0.117. The summed E-state index contributed by atoms with van der Waals surface area (Å²) in [6.07, 6.45) is 1.79. The van der Waals surface area contributed by atoms with Gasteiger partial charge in [0.05, 0.1) is 33.5 Å². The molecule has 0 saturated carbocycles. The Labute approximate surface area is 404 Å². The van der Waals surface area contributed by atoms with E-state index in [1.165, 1.54) is 27.9 Å². The van der Waals surface area contributed by atoms with Gasteiger partial charge in [-0.3, -0.25) is 4.98 Å². The van der Waals surface area contributed by atoms with E-state index in [0.29, 0.717) is 0 Å². The number of fused-ring (bicyclic) bond motifs is 7. The first-order valence-electron chi connectivity index (χ1n) is 22.6. The molecule has 6 nitrogen and oxygen atoms in total. The first kappa shape index (κ1) is 43.5. The number of benzene rings is 8. The Morgan fingerprint density at radius 1 is 0.522 bits per heavy atom. The maximum atomic E-state index is 7.04. The molecule has 329 valence electrons. The van der Waals surface area contributed by atoms with Crippen LogP contribution < -0.4 is 0 Å². The maximum Gasteiger partial charge on any atom is 0.140 e. The summed E-state index contributed by atoms with van der Waals surface area (Å²) in [5.41, 5.74) is 15.8. The molecule has 12 aromatic rings. The number of furan rings is 1. The van der Waals surface area contributed by atoms with Crippen molar-refractivity contribution in [2.75, 3.05) is 0 Å². The Morgan fingerprint density at radius 3 is 1.90 bits per heavy atom. The summed E-state index contributed by atoms with van der Waals surface area (Å²) in [6.45, 7) is 9.15. The largest absolute Gasteiger partial charge is 0.500 e. The third kappa shape index (κ3) is 7.84. The molecule has 0 fully saturated rings. The summed E-state index contributed by atoms with van der Waals surface area (Å²) in [6, 6.07) is 67.6. The van der Waals surface area contributed by atoms with Crippen molar-refractivity contribution >= 4 is 54.8 Å². The van der Waals surface area contributed by atoms with Crippen LogP contribution in [0, 0.1) is 12.1 Å². The first-order valence-corrected chi connectivity index (χ1v) is 22.6. The van der Waals surface area contributed by atoms with Crippen LogP contribution in [0.2, 0.25) is 0 Å². The van der Waals surface area contributed by atoms with E-state index in [-0.39, 0.29) is 31.9 Å². The SMILES string of the molecule is CC(C)c1cc(-c2ccccc2)cc(C(C)C)c1-n1c(-c2[c-]ccc3c2oc2c4cc5c(cc4ccc32)nc(-c2ccccc2)n5C)nc2ccccc21.[Ir].[c-]1ccccc1-c1ccccn1. The number of imidazole rings is 2. The third-order valence-electron chi connectivity index (χ3n) is 12.6. The minimum absolute atomic E-state index is 0. The van der Waals surface area contributed by atoms with Gasteiger partial charge in [0.15, 0.2) is 0 Å². The fourth-order valence-corrected chi connectivity index (χ4v) is 9.33. The minimum Gasteiger partial charge on any atom is -0.500 e. The van der Waals surface area contributed by atoms with Crippen molar-refractivity contribution in [2.45, 2.75) is 39.5 Å². The van der Waals surface area contributed by atoms with Crippen LogP contribution in [0.5, 0.6) is 0 Å². The number of aromatic nitrogens is 5. The Balaban J connectivity index is 0.000000351. The van der Waals surface area contributed by atoms with Gasteiger partial charge in [0.1, 0.15) is 11.4 Å². The van der Waals surface area contributed by atoms with Crippen molar-refractivity contribution in [2.24, 2.45) is 7.05 Å². The van der Waals surface area contributed by atoms with Crippen LogP contribution in [0.25, 0.3) is 106 Å². The topological polar surface area (TPSA) is 61.7 Å². The van der Waals surface area contributed by atoms with Crippen LogP contribution in [0.4, 0.5) is 0 Å². The molecule has 1 radical (unpaired) electrons. The Morgan fingerprint density at radius 2 is 1.19 bits per heavy atom. The molecule has 7 heteroatoms. The molecule has 0 unspecified atom stereocenters. The van der Waals surface area contributed by atoms with Crippen LogP contribution in [0.1, 0.15) is 50.7 Å². The van der Waals surface area contributed by atoms with Crippen molar-refractivity contribution < 1.29 is 24.5 Å². The Hall–Kier alpha value is -7.44. The van der Waals surface area contributed by atoms with Crippen molar-refractivity contribution in [1.82, 2.24) is 24.1 Å². The molecule has 0 aliphatic heterocycles. The predicted octanol–water partition coefficient (Wildman–Crippen LogP) is 15.6. The van der Waals surface area contributed by atoms with Gasteiger partial charge in [-0.05, 0) is 87.6 Å². The van der Waals surface area contributed by atoms with Crippen LogP contribution in [-0.4, -0.2) is 24.1 Å². The second kappa shape index (κ2) is 18.1. The Bertz CT molecular complexity index is 3640. The van der Waals surface area contributed by atoms with E-state index in [9.17, 15) is 0 Å². The quantitative estimate of drug-likeness (QED) is 0.149. The van der Waals surface area contributed by atoms with E-state index in [0.717, 1.165) is 88.8 Å². The van der Waals surface area contributed by atoms with Gasteiger partial charge in [0.2, 0.25) is 0 Å². The monoisotopic (exact) mass is 1050 g/mol. The molecule has 4 heterocycles. The van der Waals surface area contributed by atoms with Gasteiger partial charge in [0.25, 0.3) is 0 Å². The molecule has 0 aliphatic rings. The minimum atomic E-state index is 0. The van der Waals surface area contributed by atoms with E-state index in [1.807, 2.05) is 54.6 Å². The number of rotatable bonds is 7. The van der Waals surface area contributed by atoms with Gasteiger partial charge >= 0.3 is 0 Å². The van der Waals surface area contributed by atoms with E-state index in [4.69, 9.17) is 14.4 Å². The van der Waals surface area contributed by atoms with Crippen LogP contribution in [0.15, 0.2) is 187 Å². The maximum absolute atomic E-state index is 7.04. The van der Waals surface area contributed by atoms with Gasteiger partial charge < -0.3 is 18.5 Å². The number of nitrogens with zero attached hydrogens (tertiary/aromatic N) is 5. The predicted molar refractivity (Wildman–Crippen MR) is 272 cm³/mol. The number of para-hydroxylation sites is 2. The van der Waals surface area contributed by atoms with Gasteiger partial charge in [-0.2, -0.15) is 0 Å². The van der Waals surface area contributed by atoms with Gasteiger partial charge in [-0.1, -0.05) is 136 Å². The third-order valence-corrected chi connectivity index (χ3v) is 12.6. The number of pyridine rings is 1. The smallest absolute Gasteiger partial charge is 0.140 e. The molecular weight excluding hydrogens is 999 g/mol. The summed E-state index contributed by atoms with van der Waals surface area (Å²) >= 11 is 0. The Kier molecular flexibility index (Phi) is 11.7. The standard InChI is InChI=1S/C49H39N4O.C11H8N.Ir/c1-29(2)38-25-34(31-15-8-6-9-16-31)26-39(30(3)4)45(38)53-43-22-13-12-21-41(43)50-49(53)37-20-14-19-35-36-24-23-33-27-42-44(28-40(33)47(36)54-46(35)37)52(5)48(51-42)32-17-10-7-11-18-32;1-2-6-10(7-3-1)11-8-4-5-9-12-11;/h6-19,21-30H,1-5H3;1-6,8-9H;/q2*-1;. The van der Waals surface area contributed by atoms with Gasteiger partial charge in [-0.25, -0.2) is 4.98 Å². The fourth-order valence-electron chi connectivity index (χ4n) is 9.33. The molecule has 4 aromatic heterocycles. The molecular formula is C60H47IrN5O-2. The van der Waals surface area contributed by atoms with E-state index in [2.05, 4.69) is 182 Å². The zero-order valence-electron chi connectivity index (χ0n) is 38.0. The number of hydrogen-bond acceptors (Lipinski definition) is 4. The summed E-state index contributed by atoms with van der Waals surface area (Å²) in [4.78, 5) is 14.6. The van der Waals surface area contributed by atoms with E-state index < -0.39 is 0 Å². The zero-order valence-corrected chi connectivity index (χ0v) is 40.3. The van der Waals surface area contributed by atoms with E-state index >= 15 is 0 Å². The molecule has 0 amide bonds. The second-order valence-corrected chi connectivity index (χ2v) is 17.5. The molecule has 0 atom stereocenters. The number of aryl methyl sites for hydroxylation is 1. The molecule has 0 saturated heterocycles. The molecule has 8 aromatic carbocycles. The van der Waals surface area contributed by atoms with Crippen LogP contribution in [-0.2, 0) is 27.2 Å². The van der Waals surface area contributed by atoms with Crippen molar-refractivity contribution in [3.63, 3.8) is 0 Å². The van der Waals surface area contributed by atoms with Gasteiger partial charge in [0, 0.05) is 55.4 Å². The second-order valence-electron chi connectivity index (χ2n) is 17.5. The van der Waals surface area contributed by atoms with Crippen molar-refractivity contribution in [3.8, 4) is 50.8 Å². The molecule has 0 N–H and O–H groups in total. The molecule has 12 rings (SSSR count). The molecule has 0 bridgehead atoms. The van der Waals surface area contributed by atoms with Crippen molar-refractivity contribution in [3.05, 3.63) is 205 Å². The van der Waals surface area contributed by atoms with Crippen LogP contribution in [0.3, 0.4) is 0 Å².